The van der Waals surface area contributed by atoms with Crippen molar-refractivity contribution in [1.82, 2.24) is 9.97 Å². The van der Waals surface area contributed by atoms with E-state index in [9.17, 15) is 4.79 Å². The summed E-state index contributed by atoms with van der Waals surface area (Å²) in [5, 5.41) is 11.3. The van der Waals surface area contributed by atoms with Gasteiger partial charge in [0.05, 0.1) is 11.3 Å². The number of rotatable bonds is 4. The number of ketones is 1. The zero-order chi connectivity index (χ0) is 31.0. The number of aryl methyl sites for hydroxylation is 3. The molecule has 0 aliphatic rings. The van der Waals surface area contributed by atoms with E-state index in [-0.39, 0.29) is 31.6 Å². The molecular formula is C38H31IrN2O4-. The molecule has 3 aromatic carbocycles. The number of furan rings is 2. The van der Waals surface area contributed by atoms with E-state index in [1.807, 2.05) is 43.3 Å². The SMILES string of the molecule is CC(=O)/C=C(/C)O.Cc1ccc2c(n1)oc1c(-c3ccc4cc(-c5ccc(-c6c(C)cccc6C)cc5)oc4n3)[c-]ccc12.[Ir]. The zero-order valence-electron chi connectivity index (χ0n) is 25.6. The maximum Gasteiger partial charge on any atom is 0.217 e. The standard InChI is InChI=1S/C33H23N2O2.C5H8O2.Ir/c1-19-6-4-7-20(2)30(19)23-13-11-22(12-14-23)29-18-24-15-17-28(35-32(24)36-29)27-9-5-8-25-26-16-10-21(3)34-33(26)37-31(25)27;1-4(6)3-5(2)7;/h4-8,10-18H,1-3H3;3,6H,1-2H3;/q-1;;/b;4-3-;. The predicted molar refractivity (Wildman–Crippen MR) is 176 cm³/mol. The number of aromatic nitrogens is 2. The first-order valence-corrected chi connectivity index (χ1v) is 14.3. The molecule has 0 unspecified atom stereocenters. The predicted octanol–water partition coefficient (Wildman–Crippen LogP) is 9.88. The third-order valence-electron chi connectivity index (χ3n) is 7.43. The summed E-state index contributed by atoms with van der Waals surface area (Å²) in [5.74, 6) is 0.728. The number of benzene rings is 3. The number of carbonyl (C=O) groups is 1. The fourth-order valence-corrected chi connectivity index (χ4v) is 5.47. The van der Waals surface area contributed by atoms with Crippen LogP contribution in [-0.2, 0) is 24.9 Å². The number of fused-ring (bicyclic) bond motifs is 4. The summed E-state index contributed by atoms with van der Waals surface area (Å²) in [4.78, 5) is 19.4. The summed E-state index contributed by atoms with van der Waals surface area (Å²) in [6.45, 7) is 9.11. The van der Waals surface area contributed by atoms with Crippen molar-refractivity contribution in [3.05, 3.63) is 120 Å². The van der Waals surface area contributed by atoms with Crippen LogP contribution in [0.5, 0.6) is 0 Å². The van der Waals surface area contributed by atoms with E-state index >= 15 is 0 Å². The van der Waals surface area contributed by atoms with Gasteiger partial charge in [0.1, 0.15) is 5.76 Å². The molecule has 0 atom stereocenters. The Bertz CT molecular complexity index is 2180. The van der Waals surface area contributed by atoms with Crippen LogP contribution in [0.15, 0.2) is 106 Å². The number of pyridine rings is 2. The molecular weight excluding hydrogens is 741 g/mol. The maximum absolute atomic E-state index is 10.0. The van der Waals surface area contributed by atoms with E-state index in [2.05, 4.69) is 73.4 Å². The van der Waals surface area contributed by atoms with Gasteiger partial charge in [-0.15, -0.1) is 18.2 Å². The van der Waals surface area contributed by atoms with Crippen molar-refractivity contribution in [1.29, 1.82) is 0 Å². The molecule has 0 amide bonds. The van der Waals surface area contributed by atoms with Crippen LogP contribution in [-0.4, -0.2) is 20.9 Å². The Morgan fingerprint density at radius 1 is 0.800 bits per heavy atom. The van der Waals surface area contributed by atoms with Gasteiger partial charge in [-0.1, -0.05) is 65.5 Å². The molecule has 7 heteroatoms. The molecule has 1 N–H and O–H groups in total. The first-order valence-electron chi connectivity index (χ1n) is 14.3. The van der Waals surface area contributed by atoms with E-state index in [4.69, 9.17) is 18.9 Å². The summed E-state index contributed by atoms with van der Waals surface area (Å²) < 4.78 is 12.4. The Morgan fingerprint density at radius 3 is 2.18 bits per heavy atom. The molecule has 45 heavy (non-hydrogen) atoms. The van der Waals surface area contributed by atoms with Gasteiger partial charge < -0.3 is 13.9 Å². The minimum Gasteiger partial charge on any atom is -0.512 e. The number of allylic oxidation sites excluding steroid dienone is 2. The van der Waals surface area contributed by atoms with Gasteiger partial charge in [0, 0.05) is 48.2 Å². The van der Waals surface area contributed by atoms with Crippen LogP contribution in [0.4, 0.5) is 0 Å². The van der Waals surface area contributed by atoms with Crippen LogP contribution in [0.3, 0.4) is 0 Å². The van der Waals surface area contributed by atoms with Crippen LogP contribution in [0, 0.1) is 26.8 Å². The minimum absolute atomic E-state index is 0. The van der Waals surface area contributed by atoms with E-state index < -0.39 is 0 Å². The van der Waals surface area contributed by atoms with Crippen LogP contribution in [0.25, 0.3) is 66.9 Å². The van der Waals surface area contributed by atoms with Gasteiger partial charge >= 0.3 is 0 Å². The second-order valence-corrected chi connectivity index (χ2v) is 10.9. The summed E-state index contributed by atoms with van der Waals surface area (Å²) >= 11 is 0. The Hall–Kier alpha value is -4.84. The van der Waals surface area contributed by atoms with E-state index in [1.165, 1.54) is 42.2 Å². The van der Waals surface area contributed by atoms with Crippen molar-refractivity contribution in [3.63, 3.8) is 0 Å². The molecule has 0 saturated heterocycles. The summed E-state index contributed by atoms with van der Waals surface area (Å²) in [6, 6.07) is 32.3. The molecule has 4 aromatic heterocycles. The van der Waals surface area contributed by atoms with Gasteiger partial charge in [0.2, 0.25) is 11.4 Å². The van der Waals surface area contributed by atoms with E-state index in [0.717, 1.165) is 50.0 Å². The number of carbonyl (C=O) groups excluding carboxylic acids is 1. The number of hydrogen-bond acceptors (Lipinski definition) is 6. The Morgan fingerprint density at radius 2 is 1.51 bits per heavy atom. The normalized spacial score (nSPS) is 11.4. The zero-order valence-corrected chi connectivity index (χ0v) is 28.0. The van der Waals surface area contributed by atoms with Gasteiger partial charge in [-0.3, -0.25) is 9.78 Å². The van der Waals surface area contributed by atoms with Crippen molar-refractivity contribution in [2.45, 2.75) is 34.6 Å². The number of nitrogens with zero attached hydrogens (tertiary/aromatic N) is 2. The van der Waals surface area contributed by atoms with Crippen LogP contribution in [0.2, 0.25) is 0 Å². The average Bonchev–Trinajstić information content (AvgIpc) is 3.57. The van der Waals surface area contributed by atoms with Gasteiger partial charge in [0.15, 0.2) is 5.78 Å². The minimum atomic E-state index is -0.125. The second kappa shape index (κ2) is 13.0. The Kier molecular flexibility index (Phi) is 9.14. The molecule has 4 heterocycles. The molecule has 0 aliphatic heterocycles. The van der Waals surface area contributed by atoms with Gasteiger partial charge in [-0.25, -0.2) is 4.98 Å². The van der Waals surface area contributed by atoms with Crippen molar-refractivity contribution in [3.8, 4) is 33.7 Å². The summed E-state index contributed by atoms with van der Waals surface area (Å²) in [6.07, 6.45) is 1.17. The second-order valence-electron chi connectivity index (χ2n) is 10.9. The molecule has 0 bridgehead atoms. The molecule has 1 radical (unpaired) electrons. The molecule has 0 fully saturated rings. The van der Waals surface area contributed by atoms with E-state index in [0.29, 0.717) is 11.4 Å². The largest absolute Gasteiger partial charge is 0.512 e. The first-order chi connectivity index (χ1) is 21.2. The first kappa shape index (κ1) is 31.6. The fraction of sp³-hybridized carbons (Fsp3) is 0.132. The molecule has 6 nitrogen and oxygen atoms in total. The summed E-state index contributed by atoms with van der Waals surface area (Å²) in [7, 11) is 0. The third-order valence-corrected chi connectivity index (χ3v) is 7.43. The topological polar surface area (TPSA) is 89.4 Å². The number of aliphatic hydroxyl groups excluding tert-OH is 1. The quantitative estimate of drug-likeness (QED) is 0.109. The maximum atomic E-state index is 10.0. The molecule has 7 rings (SSSR count). The number of hydrogen-bond donors (Lipinski definition) is 1. The van der Waals surface area contributed by atoms with Gasteiger partial charge in [0.25, 0.3) is 0 Å². The third kappa shape index (κ3) is 6.51. The number of aliphatic hydroxyl groups is 1. The van der Waals surface area contributed by atoms with E-state index in [1.54, 1.807) is 0 Å². The van der Waals surface area contributed by atoms with Crippen molar-refractivity contribution in [2.24, 2.45) is 0 Å². The van der Waals surface area contributed by atoms with Crippen molar-refractivity contribution in [2.75, 3.05) is 0 Å². The van der Waals surface area contributed by atoms with Crippen LogP contribution >= 0.6 is 0 Å². The van der Waals surface area contributed by atoms with Crippen LogP contribution in [0.1, 0.15) is 30.7 Å². The Labute approximate surface area is 274 Å². The van der Waals surface area contributed by atoms with Crippen molar-refractivity contribution >= 4 is 39.0 Å². The van der Waals surface area contributed by atoms with Crippen LogP contribution < -0.4 is 0 Å². The molecule has 0 saturated carbocycles. The average molecular weight is 772 g/mol. The van der Waals surface area contributed by atoms with Crippen molar-refractivity contribution < 1.29 is 38.8 Å². The molecule has 227 valence electrons. The Balaban J connectivity index is 0.000000452. The fourth-order valence-electron chi connectivity index (χ4n) is 5.47. The monoisotopic (exact) mass is 772 g/mol. The smallest absolute Gasteiger partial charge is 0.217 e. The summed E-state index contributed by atoms with van der Waals surface area (Å²) in [5.41, 5.74) is 10.5. The molecule has 7 aromatic rings. The van der Waals surface area contributed by atoms with Gasteiger partial charge in [-0.05, 0) is 80.8 Å². The molecule has 0 aliphatic carbocycles. The van der Waals surface area contributed by atoms with Gasteiger partial charge in [-0.2, -0.15) is 0 Å². The molecule has 0 spiro atoms.